The fraction of sp³-hybridized carbons (Fsp3) is 0.250. The Hall–Kier alpha value is -3.35. The Labute approximate surface area is 157 Å². The van der Waals surface area contributed by atoms with E-state index < -0.39 is 11.9 Å². The van der Waals surface area contributed by atoms with Gasteiger partial charge in [-0.05, 0) is 42.8 Å². The Morgan fingerprint density at radius 1 is 1.07 bits per heavy atom. The van der Waals surface area contributed by atoms with Crippen LogP contribution in [0.3, 0.4) is 0 Å². The zero-order valence-corrected chi connectivity index (χ0v) is 15.7. The highest BCUT2D eigenvalue weighted by atomic mass is 16.5. The van der Waals surface area contributed by atoms with Crippen LogP contribution in [0.15, 0.2) is 42.5 Å². The number of aryl methyl sites for hydroxylation is 1. The number of ether oxygens (including phenoxy) is 2. The van der Waals surface area contributed by atoms with Crippen LogP contribution in [0.2, 0.25) is 0 Å². The highest BCUT2D eigenvalue weighted by molar-refractivity contribution is 6.03. The molecule has 1 N–H and O–H groups in total. The number of benzene rings is 2. The molecule has 27 heavy (non-hydrogen) atoms. The van der Waals surface area contributed by atoms with Crippen molar-refractivity contribution < 1.29 is 23.9 Å². The second kappa shape index (κ2) is 8.84. The standard InChI is InChI=1S/C20H22N2O5/c1-13-8-9-18(26-3)17(10-13)22(14(2)23)12-19(24)21-16-7-5-6-15(11-16)20(25)27-4/h5-11H,12H2,1-4H3,(H,21,24). The second-order valence-corrected chi connectivity index (χ2v) is 5.90. The van der Waals surface area contributed by atoms with Crippen LogP contribution in [0.25, 0.3) is 0 Å². The summed E-state index contributed by atoms with van der Waals surface area (Å²) in [6.07, 6.45) is 0. The van der Waals surface area contributed by atoms with E-state index in [9.17, 15) is 14.4 Å². The van der Waals surface area contributed by atoms with Crippen LogP contribution < -0.4 is 15.0 Å². The first-order valence-corrected chi connectivity index (χ1v) is 8.26. The Balaban J connectivity index is 2.20. The van der Waals surface area contributed by atoms with Gasteiger partial charge in [0.05, 0.1) is 25.5 Å². The summed E-state index contributed by atoms with van der Waals surface area (Å²) in [5.41, 5.74) is 2.20. The molecule has 7 heteroatoms. The molecule has 142 valence electrons. The zero-order chi connectivity index (χ0) is 20.0. The highest BCUT2D eigenvalue weighted by Crippen LogP contribution is 2.29. The lowest BCUT2D eigenvalue weighted by atomic mass is 10.2. The second-order valence-electron chi connectivity index (χ2n) is 5.90. The van der Waals surface area contributed by atoms with E-state index in [0.717, 1.165) is 5.56 Å². The minimum absolute atomic E-state index is 0.197. The van der Waals surface area contributed by atoms with Gasteiger partial charge in [0.2, 0.25) is 11.8 Å². The molecule has 0 aliphatic heterocycles. The molecule has 0 aliphatic rings. The molecule has 0 heterocycles. The summed E-state index contributed by atoms with van der Waals surface area (Å²) < 4.78 is 9.98. The van der Waals surface area contributed by atoms with Crippen molar-refractivity contribution in [2.75, 3.05) is 31.0 Å². The molecule has 0 aromatic heterocycles. The molecular weight excluding hydrogens is 348 g/mol. The third kappa shape index (κ3) is 5.07. The van der Waals surface area contributed by atoms with E-state index in [4.69, 9.17) is 4.74 Å². The molecular formula is C20H22N2O5. The molecule has 0 fully saturated rings. The van der Waals surface area contributed by atoms with E-state index >= 15 is 0 Å². The minimum atomic E-state index is -0.499. The lowest BCUT2D eigenvalue weighted by molar-refractivity contribution is -0.120. The molecule has 2 rings (SSSR count). The average Bonchev–Trinajstić information content (AvgIpc) is 2.65. The SMILES string of the molecule is COC(=O)c1cccc(NC(=O)CN(C(C)=O)c2cc(C)ccc2OC)c1. The number of anilines is 2. The van der Waals surface area contributed by atoms with E-state index in [1.54, 1.807) is 30.3 Å². The van der Waals surface area contributed by atoms with E-state index in [2.05, 4.69) is 10.1 Å². The van der Waals surface area contributed by atoms with Gasteiger partial charge in [0.25, 0.3) is 0 Å². The van der Waals surface area contributed by atoms with Crippen molar-refractivity contribution in [1.82, 2.24) is 0 Å². The zero-order valence-electron chi connectivity index (χ0n) is 15.7. The third-order valence-corrected chi connectivity index (χ3v) is 3.87. The van der Waals surface area contributed by atoms with Gasteiger partial charge in [-0.2, -0.15) is 0 Å². The average molecular weight is 370 g/mol. The molecule has 0 radical (unpaired) electrons. The maximum atomic E-state index is 12.5. The van der Waals surface area contributed by atoms with Crippen molar-refractivity contribution in [2.45, 2.75) is 13.8 Å². The van der Waals surface area contributed by atoms with Gasteiger partial charge in [0.1, 0.15) is 12.3 Å². The number of amides is 2. The van der Waals surface area contributed by atoms with E-state index in [1.807, 2.05) is 13.0 Å². The van der Waals surface area contributed by atoms with Crippen molar-refractivity contribution in [1.29, 1.82) is 0 Å². The van der Waals surface area contributed by atoms with Crippen molar-refractivity contribution >= 4 is 29.2 Å². The number of carbonyl (C=O) groups is 3. The summed E-state index contributed by atoms with van der Waals surface area (Å²) in [4.78, 5) is 37.5. The first-order valence-electron chi connectivity index (χ1n) is 8.26. The Bertz CT molecular complexity index is 863. The van der Waals surface area contributed by atoms with Gasteiger partial charge in [0, 0.05) is 12.6 Å². The summed E-state index contributed by atoms with van der Waals surface area (Å²) >= 11 is 0. The largest absolute Gasteiger partial charge is 0.495 e. The van der Waals surface area contributed by atoms with Crippen molar-refractivity contribution in [3.05, 3.63) is 53.6 Å². The van der Waals surface area contributed by atoms with Crippen LogP contribution >= 0.6 is 0 Å². The summed E-state index contributed by atoms with van der Waals surface area (Å²) in [7, 11) is 2.79. The highest BCUT2D eigenvalue weighted by Gasteiger charge is 2.20. The normalized spacial score (nSPS) is 10.1. The third-order valence-electron chi connectivity index (χ3n) is 3.87. The van der Waals surface area contributed by atoms with E-state index in [0.29, 0.717) is 22.7 Å². The number of nitrogens with zero attached hydrogens (tertiary/aromatic N) is 1. The van der Waals surface area contributed by atoms with Crippen LogP contribution in [-0.4, -0.2) is 38.5 Å². The lowest BCUT2D eigenvalue weighted by Crippen LogP contribution is -2.37. The topological polar surface area (TPSA) is 84.9 Å². The minimum Gasteiger partial charge on any atom is -0.495 e. The van der Waals surface area contributed by atoms with Gasteiger partial charge >= 0.3 is 5.97 Å². The molecule has 0 atom stereocenters. The smallest absolute Gasteiger partial charge is 0.337 e. The molecule has 2 amide bonds. The number of hydrogen-bond donors (Lipinski definition) is 1. The predicted molar refractivity (Wildman–Crippen MR) is 102 cm³/mol. The summed E-state index contributed by atoms with van der Waals surface area (Å²) in [6, 6.07) is 11.8. The number of methoxy groups -OCH3 is 2. The summed E-state index contributed by atoms with van der Waals surface area (Å²) in [5.74, 6) is -0.703. The van der Waals surface area contributed by atoms with Crippen LogP contribution in [0.1, 0.15) is 22.8 Å². The maximum absolute atomic E-state index is 12.5. The van der Waals surface area contributed by atoms with Gasteiger partial charge in [-0.1, -0.05) is 12.1 Å². The number of hydrogen-bond acceptors (Lipinski definition) is 5. The number of esters is 1. The van der Waals surface area contributed by atoms with Gasteiger partial charge in [0.15, 0.2) is 0 Å². The first-order chi connectivity index (χ1) is 12.8. The fourth-order valence-corrected chi connectivity index (χ4v) is 2.56. The predicted octanol–water partition coefficient (Wildman–Crippen LogP) is 2.78. The van der Waals surface area contributed by atoms with Crippen LogP contribution in [-0.2, 0) is 14.3 Å². The van der Waals surface area contributed by atoms with Crippen molar-refractivity contribution in [2.24, 2.45) is 0 Å². The number of nitrogens with one attached hydrogen (secondary N) is 1. The summed E-state index contributed by atoms with van der Waals surface area (Å²) in [5, 5.41) is 2.69. The summed E-state index contributed by atoms with van der Waals surface area (Å²) in [6.45, 7) is 3.07. The number of rotatable bonds is 6. The Kier molecular flexibility index (Phi) is 6.54. The molecule has 0 saturated heterocycles. The Morgan fingerprint density at radius 2 is 1.81 bits per heavy atom. The van der Waals surface area contributed by atoms with Crippen LogP contribution in [0.4, 0.5) is 11.4 Å². The maximum Gasteiger partial charge on any atom is 0.337 e. The van der Waals surface area contributed by atoms with Gasteiger partial charge in [-0.15, -0.1) is 0 Å². The van der Waals surface area contributed by atoms with E-state index in [1.165, 1.54) is 32.1 Å². The molecule has 0 aliphatic carbocycles. The fourth-order valence-electron chi connectivity index (χ4n) is 2.56. The van der Waals surface area contributed by atoms with Gasteiger partial charge < -0.3 is 14.8 Å². The molecule has 0 saturated carbocycles. The lowest BCUT2D eigenvalue weighted by Gasteiger charge is -2.23. The molecule has 2 aromatic rings. The van der Waals surface area contributed by atoms with Crippen LogP contribution in [0.5, 0.6) is 5.75 Å². The molecule has 0 bridgehead atoms. The van der Waals surface area contributed by atoms with Gasteiger partial charge in [-0.3, -0.25) is 14.5 Å². The van der Waals surface area contributed by atoms with E-state index in [-0.39, 0.29) is 12.5 Å². The van der Waals surface area contributed by atoms with Crippen LogP contribution in [0, 0.1) is 6.92 Å². The van der Waals surface area contributed by atoms with Gasteiger partial charge in [-0.25, -0.2) is 4.79 Å². The van der Waals surface area contributed by atoms with Crippen molar-refractivity contribution in [3.63, 3.8) is 0 Å². The van der Waals surface area contributed by atoms with Crippen molar-refractivity contribution in [3.8, 4) is 5.75 Å². The quantitative estimate of drug-likeness (QED) is 0.791. The molecule has 7 nitrogen and oxygen atoms in total. The Morgan fingerprint density at radius 3 is 2.44 bits per heavy atom. The number of carbonyl (C=O) groups excluding carboxylic acids is 3. The monoisotopic (exact) mass is 370 g/mol. The molecule has 0 spiro atoms. The molecule has 0 unspecified atom stereocenters. The first kappa shape index (κ1) is 20.0. The molecule has 2 aromatic carbocycles.